The molecule has 162 valence electrons. The van der Waals surface area contributed by atoms with Crippen LogP contribution < -0.4 is 4.74 Å². The van der Waals surface area contributed by atoms with Gasteiger partial charge in [0.25, 0.3) is 5.91 Å². The topological polar surface area (TPSA) is 81.9 Å². The summed E-state index contributed by atoms with van der Waals surface area (Å²) in [6, 6.07) is 16.8. The summed E-state index contributed by atoms with van der Waals surface area (Å²) in [5.41, 5.74) is 3.52. The van der Waals surface area contributed by atoms with Gasteiger partial charge in [0, 0.05) is 13.6 Å². The lowest BCUT2D eigenvalue weighted by molar-refractivity contribution is -0.151. The highest BCUT2D eigenvalue weighted by Gasteiger charge is 2.13. The second-order valence-electron chi connectivity index (χ2n) is 7.31. The molecule has 0 atom stereocenters. The van der Waals surface area contributed by atoms with E-state index in [1.807, 2.05) is 44.2 Å². The van der Waals surface area contributed by atoms with Gasteiger partial charge in [0.15, 0.2) is 6.61 Å². The van der Waals surface area contributed by atoms with E-state index >= 15 is 0 Å². The first-order valence-electron chi connectivity index (χ1n) is 9.99. The van der Waals surface area contributed by atoms with Crippen LogP contribution >= 0.6 is 0 Å². The van der Waals surface area contributed by atoms with Gasteiger partial charge in [0.1, 0.15) is 18.1 Å². The maximum atomic E-state index is 12.2. The summed E-state index contributed by atoms with van der Waals surface area (Å²) in [5, 5.41) is 3.90. The lowest BCUT2D eigenvalue weighted by Gasteiger charge is -2.17. The number of carbonyl (C=O) groups is 2. The number of likely N-dealkylation sites (N-methyl/N-ethyl adjacent to an activating group) is 1. The maximum absolute atomic E-state index is 12.2. The first-order chi connectivity index (χ1) is 14.9. The number of amides is 1. The van der Waals surface area contributed by atoms with Crippen LogP contribution in [-0.2, 0) is 33.9 Å². The van der Waals surface area contributed by atoms with E-state index in [0.29, 0.717) is 18.9 Å². The highest BCUT2D eigenvalue weighted by molar-refractivity contribution is 5.81. The minimum atomic E-state index is -0.453. The minimum absolute atomic E-state index is 0.0832. The van der Waals surface area contributed by atoms with E-state index in [0.717, 1.165) is 28.1 Å². The quantitative estimate of drug-likeness (QED) is 0.490. The Balaban J connectivity index is 1.42. The first kappa shape index (κ1) is 22.1. The zero-order valence-corrected chi connectivity index (χ0v) is 18.0. The molecule has 3 rings (SSSR count). The van der Waals surface area contributed by atoms with Gasteiger partial charge in [-0.3, -0.25) is 9.59 Å². The first-order valence-corrected chi connectivity index (χ1v) is 9.99. The van der Waals surface area contributed by atoms with Crippen molar-refractivity contribution in [3.05, 3.63) is 82.7 Å². The molecule has 0 aliphatic heterocycles. The van der Waals surface area contributed by atoms with Crippen LogP contribution in [-0.4, -0.2) is 35.6 Å². The van der Waals surface area contributed by atoms with E-state index in [9.17, 15) is 9.59 Å². The summed E-state index contributed by atoms with van der Waals surface area (Å²) >= 11 is 0. The summed E-state index contributed by atoms with van der Waals surface area (Å²) in [7, 11) is 1.69. The molecule has 2 aromatic carbocycles. The molecule has 7 nitrogen and oxygen atoms in total. The van der Waals surface area contributed by atoms with E-state index in [-0.39, 0.29) is 18.9 Å². The number of ether oxygens (including phenoxy) is 2. The molecule has 31 heavy (non-hydrogen) atoms. The predicted molar refractivity (Wildman–Crippen MR) is 114 cm³/mol. The summed E-state index contributed by atoms with van der Waals surface area (Å²) in [5.74, 6) is 0.710. The standard InChI is InChI=1S/C24H26N2O5/c1-17-22(18(2)31-25-17)15-29-21-11-9-19(10-12-21)13-24(28)30-16-23(27)26(3)14-20-7-5-4-6-8-20/h4-12H,13-16H2,1-3H3. The smallest absolute Gasteiger partial charge is 0.310 e. The predicted octanol–water partition coefficient (Wildman–Crippen LogP) is 3.61. The van der Waals surface area contributed by atoms with Gasteiger partial charge in [-0.2, -0.15) is 0 Å². The molecule has 0 saturated heterocycles. The van der Waals surface area contributed by atoms with Gasteiger partial charge in [-0.15, -0.1) is 0 Å². The molecule has 0 saturated carbocycles. The zero-order valence-electron chi connectivity index (χ0n) is 18.0. The molecule has 0 fully saturated rings. The molecule has 3 aromatic rings. The van der Waals surface area contributed by atoms with Crippen molar-refractivity contribution in [1.82, 2.24) is 10.1 Å². The number of aryl methyl sites for hydroxylation is 2. The lowest BCUT2D eigenvalue weighted by Crippen LogP contribution is -2.31. The number of carbonyl (C=O) groups excluding carboxylic acids is 2. The van der Waals surface area contributed by atoms with E-state index in [1.54, 1.807) is 31.3 Å². The lowest BCUT2D eigenvalue weighted by atomic mass is 10.1. The monoisotopic (exact) mass is 422 g/mol. The molecule has 1 aromatic heterocycles. The zero-order chi connectivity index (χ0) is 22.2. The fourth-order valence-electron chi connectivity index (χ4n) is 2.98. The molecular weight excluding hydrogens is 396 g/mol. The van der Waals surface area contributed by atoms with Crippen molar-refractivity contribution < 1.29 is 23.6 Å². The molecule has 1 heterocycles. The van der Waals surface area contributed by atoms with Crippen LogP contribution in [0.25, 0.3) is 0 Å². The fraction of sp³-hybridized carbons (Fsp3) is 0.292. The number of rotatable bonds is 9. The normalized spacial score (nSPS) is 10.5. The number of esters is 1. The van der Waals surface area contributed by atoms with Crippen molar-refractivity contribution in [2.45, 2.75) is 33.4 Å². The Morgan fingerprint density at radius 3 is 2.35 bits per heavy atom. The highest BCUT2D eigenvalue weighted by Crippen LogP contribution is 2.18. The largest absolute Gasteiger partial charge is 0.489 e. The van der Waals surface area contributed by atoms with E-state index in [2.05, 4.69) is 5.16 Å². The van der Waals surface area contributed by atoms with Crippen LogP contribution in [0, 0.1) is 13.8 Å². The number of benzene rings is 2. The van der Waals surface area contributed by atoms with Crippen LogP contribution in [0.4, 0.5) is 0 Å². The van der Waals surface area contributed by atoms with Gasteiger partial charge in [-0.25, -0.2) is 0 Å². The summed E-state index contributed by atoms with van der Waals surface area (Å²) in [6.45, 7) is 4.26. The SMILES string of the molecule is Cc1noc(C)c1COc1ccc(CC(=O)OCC(=O)N(C)Cc2ccccc2)cc1. The Morgan fingerprint density at radius 1 is 1.00 bits per heavy atom. The number of hydrogen-bond acceptors (Lipinski definition) is 6. The van der Waals surface area contributed by atoms with Crippen LogP contribution in [0.1, 0.15) is 28.1 Å². The second-order valence-corrected chi connectivity index (χ2v) is 7.31. The fourth-order valence-corrected chi connectivity index (χ4v) is 2.98. The number of hydrogen-bond donors (Lipinski definition) is 0. The summed E-state index contributed by atoms with van der Waals surface area (Å²) < 4.78 is 16.0. The van der Waals surface area contributed by atoms with Crippen molar-refractivity contribution in [3.63, 3.8) is 0 Å². The average molecular weight is 422 g/mol. The molecule has 0 aliphatic rings. The molecular formula is C24H26N2O5. The van der Waals surface area contributed by atoms with Crippen molar-refractivity contribution >= 4 is 11.9 Å². The Bertz CT molecular complexity index is 993. The van der Waals surface area contributed by atoms with E-state index in [1.165, 1.54) is 4.90 Å². The van der Waals surface area contributed by atoms with E-state index in [4.69, 9.17) is 14.0 Å². The van der Waals surface area contributed by atoms with Crippen molar-refractivity contribution in [2.24, 2.45) is 0 Å². The third-order valence-corrected chi connectivity index (χ3v) is 4.88. The number of aromatic nitrogens is 1. The van der Waals surface area contributed by atoms with Crippen molar-refractivity contribution in [3.8, 4) is 5.75 Å². The van der Waals surface area contributed by atoms with Gasteiger partial charge >= 0.3 is 5.97 Å². The second kappa shape index (κ2) is 10.4. The third kappa shape index (κ3) is 6.44. The van der Waals surface area contributed by atoms with Gasteiger partial charge in [0.2, 0.25) is 0 Å². The Kier molecular flexibility index (Phi) is 7.43. The van der Waals surface area contributed by atoms with Gasteiger partial charge in [-0.05, 0) is 37.1 Å². The maximum Gasteiger partial charge on any atom is 0.310 e. The molecule has 0 aliphatic carbocycles. The highest BCUT2D eigenvalue weighted by atomic mass is 16.5. The minimum Gasteiger partial charge on any atom is -0.489 e. The van der Waals surface area contributed by atoms with Crippen molar-refractivity contribution in [2.75, 3.05) is 13.7 Å². The van der Waals surface area contributed by atoms with E-state index < -0.39 is 5.97 Å². The van der Waals surface area contributed by atoms with Crippen molar-refractivity contribution in [1.29, 1.82) is 0 Å². The molecule has 0 N–H and O–H groups in total. The Morgan fingerprint density at radius 2 is 1.71 bits per heavy atom. The Hall–Kier alpha value is -3.61. The van der Waals surface area contributed by atoms with Gasteiger partial charge in [0.05, 0.1) is 17.7 Å². The molecule has 7 heteroatoms. The summed E-state index contributed by atoms with van der Waals surface area (Å²) in [4.78, 5) is 25.8. The molecule has 0 unspecified atom stereocenters. The van der Waals surface area contributed by atoms with Crippen LogP contribution in [0.2, 0.25) is 0 Å². The number of nitrogens with zero attached hydrogens (tertiary/aromatic N) is 2. The third-order valence-electron chi connectivity index (χ3n) is 4.88. The molecule has 0 bridgehead atoms. The molecule has 0 radical (unpaired) electrons. The molecule has 1 amide bonds. The Labute approximate surface area is 181 Å². The van der Waals surface area contributed by atoms with Gasteiger partial charge in [-0.1, -0.05) is 47.6 Å². The molecule has 0 spiro atoms. The van der Waals surface area contributed by atoms with Crippen LogP contribution in [0.3, 0.4) is 0 Å². The van der Waals surface area contributed by atoms with Crippen LogP contribution in [0.15, 0.2) is 59.1 Å². The van der Waals surface area contributed by atoms with Gasteiger partial charge < -0.3 is 18.9 Å². The average Bonchev–Trinajstić information content (AvgIpc) is 3.09. The summed E-state index contributed by atoms with van der Waals surface area (Å²) in [6.07, 6.45) is 0.0832. The van der Waals surface area contributed by atoms with Crippen LogP contribution in [0.5, 0.6) is 5.75 Å².